The number of phenolic OH excluding ortho intramolecular Hbond substituents is 1. The SMILES string of the molecule is CCC1C=C(CCN2CCCC2)N2C=CN=C(N)C2=C1c1ccc(O)cc1. The van der Waals surface area contributed by atoms with Gasteiger partial charge in [-0.2, -0.15) is 0 Å². The van der Waals surface area contributed by atoms with E-state index in [0.717, 1.165) is 30.6 Å². The number of rotatable bonds is 5. The molecule has 1 atom stereocenters. The lowest BCUT2D eigenvalue weighted by Gasteiger charge is -2.37. The van der Waals surface area contributed by atoms with Crippen molar-refractivity contribution in [2.75, 3.05) is 19.6 Å². The van der Waals surface area contributed by atoms with E-state index in [-0.39, 0.29) is 11.7 Å². The molecule has 3 heterocycles. The topological polar surface area (TPSA) is 65.1 Å². The highest BCUT2D eigenvalue weighted by atomic mass is 16.3. The summed E-state index contributed by atoms with van der Waals surface area (Å²) in [4.78, 5) is 9.14. The van der Waals surface area contributed by atoms with Crippen LogP contribution in [0.5, 0.6) is 5.75 Å². The third-order valence-corrected chi connectivity index (χ3v) is 5.74. The van der Waals surface area contributed by atoms with E-state index in [1.807, 2.05) is 18.3 Å². The standard InChI is InChI=1S/C22H28N4O/c1-2-16-15-18(9-13-25-11-3-4-12-25)26-14-10-24-22(23)21(26)20(16)17-5-7-19(27)8-6-17/h5-8,10,14-16,27H,2-4,9,11-13H2,1H3,(H2,23,24). The molecule has 1 aromatic carbocycles. The quantitative estimate of drug-likeness (QED) is 0.837. The normalized spacial score (nSPS) is 22.7. The molecule has 0 amide bonds. The smallest absolute Gasteiger partial charge is 0.148 e. The van der Waals surface area contributed by atoms with E-state index >= 15 is 0 Å². The van der Waals surface area contributed by atoms with Crippen molar-refractivity contribution in [1.82, 2.24) is 9.80 Å². The summed E-state index contributed by atoms with van der Waals surface area (Å²) in [5, 5.41) is 9.68. The fraction of sp³-hybridized carbons (Fsp3) is 0.409. The maximum Gasteiger partial charge on any atom is 0.148 e. The maximum absolute atomic E-state index is 9.68. The number of hydrogen-bond donors (Lipinski definition) is 2. The molecule has 0 spiro atoms. The Labute approximate surface area is 161 Å². The number of phenols is 1. The summed E-state index contributed by atoms with van der Waals surface area (Å²) in [5.74, 6) is 1.12. The van der Waals surface area contributed by atoms with Crippen molar-refractivity contribution in [2.45, 2.75) is 32.6 Å². The second kappa shape index (κ2) is 7.61. The van der Waals surface area contributed by atoms with E-state index in [9.17, 15) is 5.11 Å². The minimum absolute atomic E-state index is 0.275. The zero-order valence-corrected chi connectivity index (χ0v) is 15.9. The molecule has 1 fully saturated rings. The highest BCUT2D eigenvalue weighted by Gasteiger charge is 2.31. The third-order valence-electron chi connectivity index (χ3n) is 5.74. The summed E-state index contributed by atoms with van der Waals surface area (Å²) in [7, 11) is 0. The lowest BCUT2D eigenvalue weighted by Crippen LogP contribution is -2.35. The van der Waals surface area contributed by atoms with Gasteiger partial charge in [0.25, 0.3) is 0 Å². The molecule has 0 bridgehead atoms. The van der Waals surface area contributed by atoms with E-state index < -0.39 is 0 Å². The van der Waals surface area contributed by atoms with Gasteiger partial charge >= 0.3 is 0 Å². The van der Waals surface area contributed by atoms with Gasteiger partial charge in [0, 0.05) is 37.0 Å². The molecule has 3 aliphatic heterocycles. The van der Waals surface area contributed by atoms with Gasteiger partial charge in [-0.1, -0.05) is 25.1 Å². The number of allylic oxidation sites excluding steroid dienone is 2. The monoisotopic (exact) mass is 364 g/mol. The second-order valence-corrected chi connectivity index (χ2v) is 7.46. The minimum atomic E-state index is 0.275. The summed E-state index contributed by atoms with van der Waals surface area (Å²) in [5.41, 5.74) is 10.9. The van der Waals surface area contributed by atoms with Crippen molar-refractivity contribution in [3.63, 3.8) is 0 Å². The van der Waals surface area contributed by atoms with Gasteiger partial charge in [0.2, 0.25) is 0 Å². The van der Waals surface area contributed by atoms with Crippen LogP contribution >= 0.6 is 0 Å². The van der Waals surface area contributed by atoms with Gasteiger partial charge in [0.05, 0.1) is 5.70 Å². The van der Waals surface area contributed by atoms with Crippen LogP contribution in [0.1, 0.15) is 38.2 Å². The van der Waals surface area contributed by atoms with Crippen molar-refractivity contribution >= 4 is 11.4 Å². The molecule has 3 N–H and O–H groups in total. The van der Waals surface area contributed by atoms with E-state index in [1.54, 1.807) is 18.3 Å². The number of amidine groups is 1. The first kappa shape index (κ1) is 17.9. The number of nitrogens with two attached hydrogens (primary N) is 1. The number of hydrogen-bond acceptors (Lipinski definition) is 5. The van der Waals surface area contributed by atoms with Gasteiger partial charge in [0.15, 0.2) is 0 Å². The Bertz CT molecular complexity index is 813. The molecule has 27 heavy (non-hydrogen) atoms. The molecule has 0 saturated carbocycles. The summed E-state index contributed by atoms with van der Waals surface area (Å²) < 4.78 is 0. The average molecular weight is 364 g/mol. The molecule has 5 heteroatoms. The predicted molar refractivity (Wildman–Crippen MR) is 110 cm³/mol. The van der Waals surface area contributed by atoms with E-state index in [1.165, 1.54) is 37.2 Å². The fourth-order valence-corrected chi connectivity index (χ4v) is 4.31. The zero-order valence-electron chi connectivity index (χ0n) is 15.9. The number of aliphatic imine (C=N–C) groups is 1. The van der Waals surface area contributed by atoms with Crippen molar-refractivity contribution in [1.29, 1.82) is 0 Å². The van der Waals surface area contributed by atoms with Gasteiger partial charge in [-0.25, -0.2) is 4.99 Å². The molecule has 142 valence electrons. The summed E-state index contributed by atoms with van der Waals surface area (Å²) in [6.45, 7) is 5.73. The van der Waals surface area contributed by atoms with Crippen LogP contribution in [0, 0.1) is 5.92 Å². The fourth-order valence-electron chi connectivity index (χ4n) is 4.31. The van der Waals surface area contributed by atoms with Crippen LogP contribution < -0.4 is 5.73 Å². The van der Waals surface area contributed by atoms with E-state index in [4.69, 9.17) is 5.73 Å². The van der Waals surface area contributed by atoms with Gasteiger partial charge in [-0.3, -0.25) is 0 Å². The molecule has 4 rings (SSSR count). The van der Waals surface area contributed by atoms with Crippen LogP contribution in [-0.4, -0.2) is 40.4 Å². The Kier molecular flexibility index (Phi) is 5.03. The Morgan fingerprint density at radius 2 is 1.93 bits per heavy atom. The summed E-state index contributed by atoms with van der Waals surface area (Å²) >= 11 is 0. The zero-order chi connectivity index (χ0) is 18.8. The molecule has 0 aromatic heterocycles. The van der Waals surface area contributed by atoms with Crippen LogP contribution in [0.2, 0.25) is 0 Å². The van der Waals surface area contributed by atoms with Crippen LogP contribution in [0.15, 0.2) is 59.1 Å². The molecule has 1 saturated heterocycles. The number of aromatic hydroxyl groups is 1. The van der Waals surface area contributed by atoms with Gasteiger partial charge in [-0.15, -0.1) is 0 Å². The van der Waals surface area contributed by atoms with Gasteiger partial charge in [-0.05, 0) is 55.6 Å². The largest absolute Gasteiger partial charge is 0.508 e. The van der Waals surface area contributed by atoms with Crippen LogP contribution in [0.25, 0.3) is 5.57 Å². The van der Waals surface area contributed by atoms with E-state index in [2.05, 4.69) is 27.8 Å². The highest BCUT2D eigenvalue weighted by molar-refractivity contribution is 6.05. The Morgan fingerprint density at radius 1 is 1.19 bits per heavy atom. The minimum Gasteiger partial charge on any atom is -0.508 e. The van der Waals surface area contributed by atoms with E-state index in [0.29, 0.717) is 5.84 Å². The highest BCUT2D eigenvalue weighted by Crippen LogP contribution is 2.40. The number of likely N-dealkylation sites (tertiary alicyclic amines) is 1. The first-order chi connectivity index (χ1) is 13.2. The first-order valence-corrected chi connectivity index (χ1v) is 9.93. The Balaban J connectivity index is 1.69. The predicted octanol–water partition coefficient (Wildman–Crippen LogP) is 3.66. The third kappa shape index (κ3) is 3.52. The molecule has 1 aromatic rings. The second-order valence-electron chi connectivity index (χ2n) is 7.46. The summed E-state index contributed by atoms with van der Waals surface area (Å²) in [6.07, 6.45) is 10.8. The molecular formula is C22H28N4O. The molecule has 1 unspecified atom stereocenters. The van der Waals surface area contributed by atoms with Crippen LogP contribution in [-0.2, 0) is 0 Å². The first-order valence-electron chi connectivity index (χ1n) is 9.93. The Morgan fingerprint density at radius 3 is 2.63 bits per heavy atom. The molecule has 0 radical (unpaired) electrons. The van der Waals surface area contributed by atoms with Gasteiger partial charge in [0.1, 0.15) is 11.6 Å². The number of nitrogens with zero attached hydrogens (tertiary/aromatic N) is 3. The number of fused-ring (bicyclic) bond motifs is 1. The van der Waals surface area contributed by atoms with Crippen molar-refractivity contribution in [3.8, 4) is 5.75 Å². The van der Waals surface area contributed by atoms with Crippen molar-refractivity contribution < 1.29 is 5.11 Å². The van der Waals surface area contributed by atoms with Crippen LogP contribution in [0.4, 0.5) is 0 Å². The molecule has 0 aliphatic carbocycles. The lowest BCUT2D eigenvalue weighted by molar-refractivity contribution is 0.332. The van der Waals surface area contributed by atoms with Crippen molar-refractivity contribution in [2.24, 2.45) is 16.6 Å². The van der Waals surface area contributed by atoms with Crippen LogP contribution in [0.3, 0.4) is 0 Å². The number of benzene rings is 1. The van der Waals surface area contributed by atoms with Gasteiger partial charge < -0.3 is 20.6 Å². The average Bonchev–Trinajstić information content (AvgIpc) is 3.20. The van der Waals surface area contributed by atoms with Crippen molar-refractivity contribution in [3.05, 3.63) is 59.7 Å². The maximum atomic E-state index is 9.68. The summed E-state index contributed by atoms with van der Waals surface area (Å²) in [6, 6.07) is 7.40. The Hall–Kier alpha value is -2.53. The molecule has 3 aliphatic rings. The molecular weight excluding hydrogens is 336 g/mol. The lowest BCUT2D eigenvalue weighted by atomic mass is 9.84. The molecule has 5 nitrogen and oxygen atoms in total.